The summed E-state index contributed by atoms with van der Waals surface area (Å²) in [5.41, 5.74) is 1.80. The van der Waals surface area contributed by atoms with E-state index in [1.165, 1.54) is 0 Å². The summed E-state index contributed by atoms with van der Waals surface area (Å²) >= 11 is 0. The van der Waals surface area contributed by atoms with Crippen molar-refractivity contribution in [2.24, 2.45) is 11.8 Å². The van der Waals surface area contributed by atoms with Crippen LogP contribution < -0.4 is 0 Å². The van der Waals surface area contributed by atoms with Gasteiger partial charge in [0.05, 0.1) is 5.92 Å². The molecule has 0 saturated carbocycles. The molecule has 0 bridgehead atoms. The lowest BCUT2D eigenvalue weighted by Crippen LogP contribution is -2.20. The Kier molecular flexibility index (Phi) is 4.90. The topological polar surface area (TPSA) is 82.2 Å². The lowest BCUT2D eigenvalue weighted by molar-refractivity contribution is -0.146. The maximum atomic E-state index is 11.8. The Morgan fingerprint density at radius 2 is 2.24 bits per heavy atom. The molecule has 0 N–H and O–H groups in total. The highest BCUT2D eigenvalue weighted by Gasteiger charge is 2.44. The number of aldehydes is 1. The minimum absolute atomic E-state index is 0.140. The summed E-state index contributed by atoms with van der Waals surface area (Å²) in [6.07, 6.45) is 4.56. The van der Waals surface area contributed by atoms with E-state index in [1.54, 1.807) is 19.9 Å². The second kappa shape index (κ2) is 6.96. The molecule has 6 heteroatoms. The van der Waals surface area contributed by atoms with E-state index in [-0.39, 0.29) is 36.6 Å². The van der Waals surface area contributed by atoms with E-state index in [0.29, 0.717) is 24.0 Å². The van der Waals surface area contributed by atoms with Gasteiger partial charge < -0.3 is 14.2 Å². The minimum atomic E-state index is -0.415. The highest BCUT2D eigenvalue weighted by Crippen LogP contribution is 2.38. The fourth-order valence-corrected chi connectivity index (χ4v) is 3.15. The standard InChI is InChI=1S/C19H22O6/c1-10(2)18(21)23-9-13-4-5-14-11(3)19(22)25-15(14)6-12(8-20)7-16-17(13)24-16/h4,7-8,10,14-17H,3,5-6,9H2,1-2H3/b12-7+,13-4+. The molecule has 3 rings (SSSR count). The highest BCUT2D eigenvalue weighted by atomic mass is 16.6. The third-order valence-corrected chi connectivity index (χ3v) is 4.76. The fraction of sp³-hybridized carbons (Fsp3) is 0.526. The molecule has 0 radical (unpaired) electrons. The molecule has 2 aliphatic heterocycles. The number of hydrogen-bond acceptors (Lipinski definition) is 6. The Labute approximate surface area is 146 Å². The normalized spacial score (nSPS) is 35.5. The van der Waals surface area contributed by atoms with E-state index in [4.69, 9.17) is 14.2 Å². The van der Waals surface area contributed by atoms with Crippen LogP contribution in [0.4, 0.5) is 0 Å². The third kappa shape index (κ3) is 3.74. The van der Waals surface area contributed by atoms with Gasteiger partial charge in [0, 0.05) is 17.9 Å². The molecule has 2 saturated heterocycles. The molecule has 0 amide bonds. The highest BCUT2D eigenvalue weighted by molar-refractivity contribution is 5.91. The number of carbonyl (C=O) groups is 3. The molecule has 0 spiro atoms. The maximum Gasteiger partial charge on any atom is 0.334 e. The molecule has 4 atom stereocenters. The summed E-state index contributed by atoms with van der Waals surface area (Å²) in [7, 11) is 0. The summed E-state index contributed by atoms with van der Waals surface area (Å²) < 4.78 is 16.3. The first kappa shape index (κ1) is 17.6. The Morgan fingerprint density at radius 1 is 1.48 bits per heavy atom. The van der Waals surface area contributed by atoms with Gasteiger partial charge in [-0.15, -0.1) is 0 Å². The van der Waals surface area contributed by atoms with Crippen LogP contribution in [0.1, 0.15) is 26.7 Å². The van der Waals surface area contributed by atoms with E-state index in [9.17, 15) is 14.4 Å². The first-order chi connectivity index (χ1) is 11.9. The average Bonchev–Trinajstić information content (AvgIpc) is 3.28. The number of fused-ring (bicyclic) bond motifs is 2. The van der Waals surface area contributed by atoms with Gasteiger partial charge in [-0.05, 0) is 23.6 Å². The molecule has 0 aromatic rings. The van der Waals surface area contributed by atoms with Crippen LogP contribution in [0.2, 0.25) is 0 Å². The zero-order valence-corrected chi connectivity index (χ0v) is 14.4. The zero-order chi connectivity index (χ0) is 18.1. The Balaban J connectivity index is 1.81. The van der Waals surface area contributed by atoms with Crippen molar-refractivity contribution in [1.29, 1.82) is 0 Å². The lowest BCUT2D eigenvalue weighted by atomic mass is 9.88. The van der Waals surface area contributed by atoms with Crippen molar-refractivity contribution in [3.05, 3.63) is 35.5 Å². The predicted octanol–water partition coefficient (Wildman–Crippen LogP) is 1.90. The molecule has 1 aliphatic carbocycles. The van der Waals surface area contributed by atoms with Crippen LogP contribution in [-0.2, 0) is 28.6 Å². The van der Waals surface area contributed by atoms with Crippen LogP contribution in [0, 0.1) is 11.8 Å². The third-order valence-electron chi connectivity index (χ3n) is 4.76. The summed E-state index contributed by atoms with van der Waals surface area (Å²) in [5.74, 6) is -1.09. The number of rotatable bonds is 4. The molecule has 3 aliphatic rings. The Morgan fingerprint density at radius 3 is 2.92 bits per heavy atom. The number of esters is 2. The molecule has 4 unspecified atom stereocenters. The van der Waals surface area contributed by atoms with Crippen molar-refractivity contribution < 1.29 is 28.6 Å². The van der Waals surface area contributed by atoms with Crippen LogP contribution in [-0.4, -0.2) is 43.1 Å². The van der Waals surface area contributed by atoms with Crippen molar-refractivity contribution in [3.8, 4) is 0 Å². The second-order valence-electron chi connectivity index (χ2n) is 6.94. The number of epoxide rings is 1. The molecule has 25 heavy (non-hydrogen) atoms. The van der Waals surface area contributed by atoms with Crippen LogP contribution in [0.25, 0.3) is 0 Å². The largest absolute Gasteiger partial charge is 0.461 e. The van der Waals surface area contributed by atoms with E-state index in [0.717, 1.165) is 11.9 Å². The van der Waals surface area contributed by atoms with E-state index in [1.807, 2.05) is 6.08 Å². The Bertz CT molecular complexity index is 671. The quantitative estimate of drug-likeness (QED) is 0.254. The van der Waals surface area contributed by atoms with E-state index in [2.05, 4.69) is 6.58 Å². The van der Waals surface area contributed by atoms with Gasteiger partial charge in [-0.2, -0.15) is 0 Å². The zero-order valence-electron chi connectivity index (χ0n) is 14.4. The van der Waals surface area contributed by atoms with E-state index < -0.39 is 12.1 Å². The first-order valence-electron chi connectivity index (χ1n) is 8.47. The van der Waals surface area contributed by atoms with Crippen molar-refractivity contribution in [2.75, 3.05) is 6.61 Å². The second-order valence-corrected chi connectivity index (χ2v) is 6.94. The number of allylic oxidation sites excluding steroid dienone is 1. The molecule has 2 heterocycles. The molecule has 2 fully saturated rings. The van der Waals surface area contributed by atoms with Gasteiger partial charge >= 0.3 is 11.9 Å². The summed E-state index contributed by atoms with van der Waals surface area (Å²) in [5, 5.41) is 0. The SMILES string of the molecule is C=C1C(=O)OC2C/C(C=O)=C\C3OC3/C(COC(=O)C(C)C)=C/CC12. The van der Waals surface area contributed by atoms with Gasteiger partial charge in [-0.3, -0.25) is 9.59 Å². The molecule has 134 valence electrons. The molecular formula is C19H22O6. The van der Waals surface area contributed by atoms with Gasteiger partial charge in [0.15, 0.2) is 0 Å². The summed E-state index contributed by atoms with van der Waals surface area (Å²) in [4.78, 5) is 34.9. The first-order valence-corrected chi connectivity index (χ1v) is 8.47. The average molecular weight is 346 g/mol. The van der Waals surface area contributed by atoms with E-state index >= 15 is 0 Å². The molecule has 0 aromatic heterocycles. The van der Waals surface area contributed by atoms with Crippen LogP contribution in [0.5, 0.6) is 0 Å². The van der Waals surface area contributed by atoms with Crippen molar-refractivity contribution in [3.63, 3.8) is 0 Å². The van der Waals surface area contributed by atoms with Gasteiger partial charge in [-0.25, -0.2) is 4.79 Å². The summed E-state index contributed by atoms with van der Waals surface area (Å²) in [6.45, 7) is 7.51. The van der Waals surface area contributed by atoms with Gasteiger partial charge in [-0.1, -0.05) is 26.5 Å². The van der Waals surface area contributed by atoms with Crippen molar-refractivity contribution >= 4 is 18.2 Å². The van der Waals surface area contributed by atoms with Crippen LogP contribution in [0.15, 0.2) is 35.5 Å². The predicted molar refractivity (Wildman–Crippen MR) is 88.4 cm³/mol. The fourth-order valence-electron chi connectivity index (χ4n) is 3.15. The maximum absolute atomic E-state index is 11.8. The molecule has 0 aromatic carbocycles. The summed E-state index contributed by atoms with van der Waals surface area (Å²) in [6, 6.07) is 0. The van der Waals surface area contributed by atoms with Gasteiger partial charge in [0.1, 0.15) is 31.2 Å². The number of hydrogen-bond donors (Lipinski definition) is 0. The number of carbonyl (C=O) groups excluding carboxylic acids is 3. The minimum Gasteiger partial charge on any atom is -0.461 e. The smallest absolute Gasteiger partial charge is 0.334 e. The van der Waals surface area contributed by atoms with Gasteiger partial charge in [0.2, 0.25) is 0 Å². The van der Waals surface area contributed by atoms with Crippen molar-refractivity contribution in [2.45, 2.75) is 45.0 Å². The van der Waals surface area contributed by atoms with Crippen molar-refractivity contribution in [1.82, 2.24) is 0 Å². The molecule has 6 nitrogen and oxygen atoms in total. The number of ether oxygens (including phenoxy) is 3. The van der Waals surface area contributed by atoms with Crippen LogP contribution in [0.3, 0.4) is 0 Å². The van der Waals surface area contributed by atoms with Crippen LogP contribution >= 0.6 is 0 Å². The Hall–Kier alpha value is -2.21. The lowest BCUT2D eigenvalue weighted by Gasteiger charge is -2.18. The monoisotopic (exact) mass is 346 g/mol. The molecular weight excluding hydrogens is 324 g/mol. The van der Waals surface area contributed by atoms with Gasteiger partial charge in [0.25, 0.3) is 0 Å².